The summed E-state index contributed by atoms with van der Waals surface area (Å²) in [5, 5.41) is 9.57. The van der Waals surface area contributed by atoms with E-state index in [0.717, 1.165) is 41.3 Å². The van der Waals surface area contributed by atoms with E-state index in [2.05, 4.69) is 4.90 Å². The Labute approximate surface area is 165 Å². The number of carboxylic acid groups (broad SMARTS) is 1. The molecule has 1 aliphatic rings. The average Bonchev–Trinajstić information content (AvgIpc) is 2.74. The number of likely N-dealkylation sites (tertiary alicyclic amines) is 1. The number of hydrogen-bond donors (Lipinski definition) is 1. The Morgan fingerprint density at radius 1 is 1.04 bits per heavy atom. The number of para-hydroxylation sites is 1. The number of piperidine rings is 1. The van der Waals surface area contributed by atoms with Crippen LogP contribution < -0.4 is 14.2 Å². The van der Waals surface area contributed by atoms with Crippen LogP contribution in [0.1, 0.15) is 30.0 Å². The third-order valence-corrected chi connectivity index (χ3v) is 5.33. The van der Waals surface area contributed by atoms with Gasteiger partial charge in [-0.1, -0.05) is 18.2 Å². The molecule has 1 N–H and O–H groups in total. The van der Waals surface area contributed by atoms with Crippen LogP contribution in [-0.2, 0) is 4.79 Å². The molecule has 28 heavy (non-hydrogen) atoms. The zero-order chi connectivity index (χ0) is 20.1. The number of benzene rings is 2. The molecule has 0 spiro atoms. The molecule has 0 aromatic heterocycles. The number of methoxy groups -OCH3 is 3. The number of hydrogen-bond acceptors (Lipinski definition) is 5. The van der Waals surface area contributed by atoms with Crippen LogP contribution in [0.5, 0.6) is 17.2 Å². The van der Waals surface area contributed by atoms with E-state index in [9.17, 15) is 9.90 Å². The van der Waals surface area contributed by atoms with Crippen LogP contribution >= 0.6 is 0 Å². The summed E-state index contributed by atoms with van der Waals surface area (Å²) in [5.74, 6) is 1.08. The van der Waals surface area contributed by atoms with Gasteiger partial charge in [-0.05, 0) is 43.7 Å². The minimum atomic E-state index is -0.749. The molecular formula is C22H27NO5. The highest BCUT2D eigenvalue weighted by molar-refractivity contribution is 5.70. The van der Waals surface area contributed by atoms with Gasteiger partial charge in [-0.25, -0.2) is 0 Å². The number of carbonyl (C=O) groups is 1. The van der Waals surface area contributed by atoms with Crippen molar-refractivity contribution in [3.63, 3.8) is 0 Å². The minimum absolute atomic E-state index is 0.205. The molecule has 1 fully saturated rings. The third-order valence-electron chi connectivity index (χ3n) is 5.33. The van der Waals surface area contributed by atoms with Crippen molar-refractivity contribution in [2.75, 3.05) is 34.4 Å². The second-order valence-corrected chi connectivity index (χ2v) is 6.92. The van der Waals surface area contributed by atoms with Gasteiger partial charge in [-0.15, -0.1) is 0 Å². The SMILES string of the molecule is COc1ccc(OC)c(C(c2ccccc2OC)N2CCCC(C(=O)O)C2)c1. The maximum Gasteiger partial charge on any atom is 0.307 e. The van der Waals surface area contributed by atoms with Gasteiger partial charge in [0.2, 0.25) is 0 Å². The average molecular weight is 385 g/mol. The number of ether oxygens (including phenoxy) is 3. The summed E-state index contributed by atoms with van der Waals surface area (Å²) in [6.07, 6.45) is 1.52. The molecule has 2 aromatic carbocycles. The molecule has 1 heterocycles. The van der Waals surface area contributed by atoms with Crippen LogP contribution in [0.25, 0.3) is 0 Å². The molecule has 0 bridgehead atoms. The molecule has 2 atom stereocenters. The van der Waals surface area contributed by atoms with Crippen LogP contribution in [0.4, 0.5) is 0 Å². The van der Waals surface area contributed by atoms with Crippen molar-refractivity contribution in [1.29, 1.82) is 0 Å². The van der Waals surface area contributed by atoms with Gasteiger partial charge in [0.05, 0.1) is 33.3 Å². The molecular weight excluding hydrogens is 358 g/mol. The molecule has 3 rings (SSSR count). The Morgan fingerprint density at radius 2 is 1.75 bits per heavy atom. The maximum absolute atomic E-state index is 11.6. The van der Waals surface area contributed by atoms with Crippen molar-refractivity contribution in [2.24, 2.45) is 5.92 Å². The quantitative estimate of drug-likeness (QED) is 0.785. The largest absolute Gasteiger partial charge is 0.497 e. The van der Waals surface area contributed by atoms with Crippen molar-refractivity contribution in [3.05, 3.63) is 53.6 Å². The van der Waals surface area contributed by atoms with Gasteiger partial charge >= 0.3 is 5.97 Å². The second-order valence-electron chi connectivity index (χ2n) is 6.92. The lowest BCUT2D eigenvalue weighted by atomic mass is 9.90. The monoisotopic (exact) mass is 385 g/mol. The standard InChI is InChI=1S/C22H27NO5/c1-26-16-10-11-20(28-3)18(13-16)21(17-8-4-5-9-19(17)27-2)23-12-6-7-15(14-23)22(24)25/h4-5,8-11,13,15,21H,6-7,12,14H2,1-3H3,(H,24,25). The molecule has 2 unspecified atom stereocenters. The molecule has 6 nitrogen and oxygen atoms in total. The van der Waals surface area contributed by atoms with E-state index in [1.165, 1.54) is 0 Å². The van der Waals surface area contributed by atoms with Gasteiger partial charge in [-0.2, -0.15) is 0 Å². The summed E-state index contributed by atoms with van der Waals surface area (Å²) in [4.78, 5) is 13.9. The smallest absolute Gasteiger partial charge is 0.307 e. The molecule has 0 aliphatic carbocycles. The number of nitrogens with zero attached hydrogens (tertiary/aromatic N) is 1. The molecule has 0 radical (unpaired) electrons. The molecule has 1 aliphatic heterocycles. The van der Waals surface area contributed by atoms with Gasteiger partial charge in [-0.3, -0.25) is 9.69 Å². The predicted octanol–water partition coefficient (Wildman–Crippen LogP) is 3.60. The lowest BCUT2D eigenvalue weighted by Crippen LogP contribution is -2.41. The maximum atomic E-state index is 11.6. The Morgan fingerprint density at radius 3 is 2.43 bits per heavy atom. The molecule has 150 valence electrons. The van der Waals surface area contributed by atoms with Gasteiger partial charge in [0.25, 0.3) is 0 Å². The summed E-state index contributed by atoms with van der Waals surface area (Å²) in [7, 11) is 4.92. The first kappa shape index (κ1) is 20.0. The lowest BCUT2D eigenvalue weighted by Gasteiger charge is -2.38. The Kier molecular flexibility index (Phi) is 6.41. The summed E-state index contributed by atoms with van der Waals surface area (Å²) < 4.78 is 16.7. The van der Waals surface area contributed by atoms with Crippen molar-refractivity contribution >= 4 is 5.97 Å². The summed E-state index contributed by atoms with van der Waals surface area (Å²) in [6.45, 7) is 1.27. The van der Waals surface area contributed by atoms with E-state index in [1.807, 2.05) is 42.5 Å². The molecule has 0 amide bonds. The van der Waals surface area contributed by atoms with Crippen molar-refractivity contribution in [2.45, 2.75) is 18.9 Å². The van der Waals surface area contributed by atoms with E-state index >= 15 is 0 Å². The normalized spacial score (nSPS) is 18.3. The first-order valence-corrected chi connectivity index (χ1v) is 9.40. The number of rotatable bonds is 7. The fourth-order valence-corrected chi connectivity index (χ4v) is 3.95. The summed E-state index contributed by atoms with van der Waals surface area (Å²) in [5.41, 5.74) is 1.90. The molecule has 2 aromatic rings. The zero-order valence-electron chi connectivity index (χ0n) is 16.6. The number of aliphatic carboxylic acids is 1. The molecule has 0 saturated carbocycles. The van der Waals surface area contributed by atoms with Crippen molar-refractivity contribution in [1.82, 2.24) is 4.90 Å². The minimum Gasteiger partial charge on any atom is -0.497 e. The predicted molar refractivity (Wildman–Crippen MR) is 106 cm³/mol. The molecule has 6 heteroatoms. The van der Waals surface area contributed by atoms with Gasteiger partial charge in [0.15, 0.2) is 0 Å². The topological polar surface area (TPSA) is 68.2 Å². The van der Waals surface area contributed by atoms with Crippen molar-refractivity contribution < 1.29 is 24.1 Å². The highest BCUT2D eigenvalue weighted by Crippen LogP contribution is 2.41. The highest BCUT2D eigenvalue weighted by Gasteiger charge is 2.34. The van der Waals surface area contributed by atoms with Crippen LogP contribution in [0.3, 0.4) is 0 Å². The van der Waals surface area contributed by atoms with E-state index < -0.39 is 5.97 Å². The van der Waals surface area contributed by atoms with Gasteiger partial charge in [0, 0.05) is 17.7 Å². The van der Waals surface area contributed by atoms with E-state index in [4.69, 9.17) is 14.2 Å². The second kappa shape index (κ2) is 8.97. The first-order valence-electron chi connectivity index (χ1n) is 9.40. The Balaban J connectivity index is 2.14. The van der Waals surface area contributed by atoms with Crippen LogP contribution in [0.15, 0.2) is 42.5 Å². The van der Waals surface area contributed by atoms with E-state index in [1.54, 1.807) is 21.3 Å². The van der Waals surface area contributed by atoms with Gasteiger partial charge in [0.1, 0.15) is 17.2 Å². The zero-order valence-corrected chi connectivity index (χ0v) is 16.6. The highest BCUT2D eigenvalue weighted by atomic mass is 16.5. The van der Waals surface area contributed by atoms with E-state index in [-0.39, 0.29) is 12.0 Å². The van der Waals surface area contributed by atoms with Gasteiger partial charge < -0.3 is 19.3 Å². The summed E-state index contributed by atoms with van der Waals surface area (Å²) >= 11 is 0. The fourth-order valence-electron chi connectivity index (χ4n) is 3.95. The van der Waals surface area contributed by atoms with Crippen LogP contribution in [0.2, 0.25) is 0 Å². The third kappa shape index (κ3) is 4.07. The fraction of sp³-hybridized carbons (Fsp3) is 0.409. The summed E-state index contributed by atoms with van der Waals surface area (Å²) in [6, 6.07) is 13.3. The van der Waals surface area contributed by atoms with Crippen LogP contribution in [0, 0.1) is 5.92 Å². The lowest BCUT2D eigenvalue weighted by molar-refractivity contribution is -0.143. The molecule has 1 saturated heterocycles. The van der Waals surface area contributed by atoms with E-state index in [0.29, 0.717) is 13.0 Å². The first-order chi connectivity index (χ1) is 13.6. The number of carboxylic acids is 1. The Hall–Kier alpha value is -2.73. The van der Waals surface area contributed by atoms with Crippen LogP contribution in [-0.4, -0.2) is 50.4 Å². The van der Waals surface area contributed by atoms with Crippen molar-refractivity contribution in [3.8, 4) is 17.2 Å². The Bertz CT molecular complexity index is 822.